The van der Waals surface area contributed by atoms with Crippen LogP contribution in [0, 0.1) is 12.7 Å². The van der Waals surface area contributed by atoms with Crippen molar-refractivity contribution in [3.8, 4) is 0 Å². The van der Waals surface area contributed by atoms with Crippen molar-refractivity contribution in [2.75, 3.05) is 21.1 Å². The fourth-order valence-corrected chi connectivity index (χ4v) is 2.76. The molecule has 2 aromatic carbocycles. The fraction of sp³-hybridized carbons (Fsp3) is 0.278. The van der Waals surface area contributed by atoms with E-state index >= 15 is 0 Å². The van der Waals surface area contributed by atoms with E-state index in [0.717, 1.165) is 0 Å². The van der Waals surface area contributed by atoms with E-state index in [1.807, 2.05) is 0 Å². The minimum atomic E-state index is -3.33. The minimum absolute atomic E-state index is 0.0101. The highest BCUT2D eigenvalue weighted by Gasteiger charge is 2.14. The second-order valence-corrected chi connectivity index (χ2v) is 7.91. The number of hydrogen-bond acceptors (Lipinski definition) is 4. The Morgan fingerprint density at radius 3 is 2.23 bits per heavy atom. The van der Waals surface area contributed by atoms with Gasteiger partial charge in [-0.3, -0.25) is 9.52 Å². The molecule has 3 N–H and O–H groups in total. The van der Waals surface area contributed by atoms with Crippen LogP contribution in [0.1, 0.15) is 19.4 Å². The van der Waals surface area contributed by atoms with Gasteiger partial charge in [-0.25, -0.2) is 12.8 Å². The Bertz CT molecular complexity index is 883. The van der Waals surface area contributed by atoms with Gasteiger partial charge in [0, 0.05) is 17.1 Å². The number of hydrogen-bond donors (Lipinski definition) is 3. The Hall–Kier alpha value is -2.61. The van der Waals surface area contributed by atoms with E-state index in [2.05, 4.69) is 15.4 Å². The fourth-order valence-electron chi connectivity index (χ4n) is 2.12. The van der Waals surface area contributed by atoms with Gasteiger partial charge in [-0.15, -0.1) is 0 Å². The molecule has 1 unspecified atom stereocenters. The Kier molecular flexibility index (Phi) is 6.20. The number of carbonyl (C=O) groups is 1. The molecule has 0 aliphatic heterocycles. The van der Waals surface area contributed by atoms with Crippen LogP contribution >= 0.6 is 0 Å². The third kappa shape index (κ3) is 5.45. The third-order valence-electron chi connectivity index (χ3n) is 3.75. The Morgan fingerprint density at radius 1 is 1.08 bits per heavy atom. The van der Waals surface area contributed by atoms with Crippen LogP contribution in [0.4, 0.5) is 21.5 Å². The van der Waals surface area contributed by atoms with Crippen LogP contribution < -0.4 is 15.4 Å². The zero-order valence-electron chi connectivity index (χ0n) is 14.8. The molecule has 0 fully saturated rings. The van der Waals surface area contributed by atoms with E-state index in [9.17, 15) is 17.6 Å². The monoisotopic (exact) mass is 379 g/mol. The molecule has 0 aliphatic rings. The smallest absolute Gasteiger partial charge is 0.246 e. The molecule has 1 atom stereocenters. The topological polar surface area (TPSA) is 87.3 Å². The lowest BCUT2D eigenvalue weighted by Crippen LogP contribution is -2.31. The lowest BCUT2D eigenvalue weighted by Gasteiger charge is -2.16. The van der Waals surface area contributed by atoms with Crippen molar-refractivity contribution in [3.63, 3.8) is 0 Å². The molecule has 0 radical (unpaired) electrons. The van der Waals surface area contributed by atoms with Gasteiger partial charge in [0.1, 0.15) is 11.9 Å². The normalized spacial score (nSPS) is 12.3. The number of anilines is 3. The lowest BCUT2D eigenvalue weighted by atomic mass is 10.2. The van der Waals surface area contributed by atoms with E-state index in [-0.39, 0.29) is 17.5 Å². The molecule has 0 bridgehead atoms. The molecule has 0 spiro atoms. The molecular weight excluding hydrogens is 357 g/mol. The number of amides is 1. The van der Waals surface area contributed by atoms with Crippen molar-refractivity contribution in [2.45, 2.75) is 26.8 Å². The molecule has 2 rings (SSSR count). The van der Waals surface area contributed by atoms with Crippen molar-refractivity contribution >= 4 is 33.0 Å². The Balaban J connectivity index is 1.96. The van der Waals surface area contributed by atoms with Crippen LogP contribution in [0.3, 0.4) is 0 Å². The van der Waals surface area contributed by atoms with Gasteiger partial charge in [0.2, 0.25) is 15.9 Å². The average molecular weight is 379 g/mol. The second-order valence-electron chi connectivity index (χ2n) is 5.90. The first kappa shape index (κ1) is 19.7. The van der Waals surface area contributed by atoms with Crippen LogP contribution in [-0.2, 0) is 14.8 Å². The number of halogens is 1. The molecule has 26 heavy (non-hydrogen) atoms. The summed E-state index contributed by atoms with van der Waals surface area (Å²) in [6.45, 7) is 4.88. The van der Waals surface area contributed by atoms with Crippen LogP contribution in [-0.4, -0.2) is 26.1 Å². The van der Waals surface area contributed by atoms with Gasteiger partial charge in [0.25, 0.3) is 0 Å². The molecule has 0 saturated heterocycles. The SMILES string of the molecule is CCS(=O)(=O)Nc1ccc(NC(C)C(=O)Nc2ccc(C)c(F)c2)cc1. The first-order valence-electron chi connectivity index (χ1n) is 8.14. The van der Waals surface area contributed by atoms with E-state index in [0.29, 0.717) is 22.6 Å². The predicted octanol–water partition coefficient (Wildman–Crippen LogP) is 3.33. The number of aryl methyl sites for hydroxylation is 1. The van der Waals surface area contributed by atoms with Crippen LogP contribution in [0.2, 0.25) is 0 Å². The summed E-state index contributed by atoms with van der Waals surface area (Å²) in [5.41, 5.74) is 2.00. The van der Waals surface area contributed by atoms with Crippen molar-refractivity contribution in [1.29, 1.82) is 0 Å². The summed E-state index contributed by atoms with van der Waals surface area (Å²) in [7, 11) is -3.33. The van der Waals surface area contributed by atoms with E-state index < -0.39 is 16.1 Å². The summed E-state index contributed by atoms with van der Waals surface area (Å²) >= 11 is 0. The van der Waals surface area contributed by atoms with Crippen molar-refractivity contribution < 1.29 is 17.6 Å². The Labute approximate surface area is 152 Å². The molecule has 2 aromatic rings. The van der Waals surface area contributed by atoms with E-state index in [1.165, 1.54) is 6.07 Å². The Morgan fingerprint density at radius 2 is 1.65 bits per heavy atom. The van der Waals surface area contributed by atoms with Crippen molar-refractivity contribution in [2.24, 2.45) is 0 Å². The summed E-state index contributed by atoms with van der Waals surface area (Å²) in [5.74, 6) is -0.707. The van der Waals surface area contributed by atoms with Gasteiger partial charge in [-0.2, -0.15) is 0 Å². The van der Waals surface area contributed by atoms with Gasteiger partial charge in [0.05, 0.1) is 5.75 Å². The first-order chi connectivity index (χ1) is 12.2. The average Bonchev–Trinajstić information content (AvgIpc) is 2.59. The van der Waals surface area contributed by atoms with Gasteiger partial charge in [0.15, 0.2) is 0 Å². The van der Waals surface area contributed by atoms with Gasteiger partial charge >= 0.3 is 0 Å². The third-order valence-corrected chi connectivity index (χ3v) is 5.06. The molecule has 0 aliphatic carbocycles. The van der Waals surface area contributed by atoms with Gasteiger partial charge < -0.3 is 10.6 Å². The van der Waals surface area contributed by atoms with Crippen LogP contribution in [0.25, 0.3) is 0 Å². The molecule has 0 saturated carbocycles. The largest absolute Gasteiger partial charge is 0.374 e. The summed E-state index contributed by atoms with van der Waals surface area (Å²) in [6, 6.07) is 10.5. The zero-order chi connectivity index (χ0) is 19.3. The molecule has 0 aromatic heterocycles. The zero-order valence-corrected chi connectivity index (χ0v) is 15.7. The lowest BCUT2D eigenvalue weighted by molar-refractivity contribution is -0.116. The molecule has 1 amide bonds. The minimum Gasteiger partial charge on any atom is -0.374 e. The number of rotatable bonds is 7. The number of benzene rings is 2. The molecule has 140 valence electrons. The van der Waals surface area contributed by atoms with E-state index in [1.54, 1.807) is 57.2 Å². The summed E-state index contributed by atoms with van der Waals surface area (Å²) < 4.78 is 39.1. The second kappa shape index (κ2) is 8.18. The quantitative estimate of drug-likeness (QED) is 0.689. The van der Waals surface area contributed by atoms with Crippen LogP contribution in [0.5, 0.6) is 0 Å². The standard InChI is InChI=1S/C18H22FN3O3S/c1-4-26(24,25)22-15-9-7-14(8-10-15)20-13(3)18(23)21-16-6-5-12(2)17(19)11-16/h5-11,13,20,22H,4H2,1-3H3,(H,21,23). The van der Waals surface area contributed by atoms with Crippen LogP contribution in [0.15, 0.2) is 42.5 Å². The van der Waals surface area contributed by atoms with Gasteiger partial charge in [-0.1, -0.05) is 6.07 Å². The van der Waals surface area contributed by atoms with E-state index in [4.69, 9.17) is 0 Å². The highest BCUT2D eigenvalue weighted by molar-refractivity contribution is 7.92. The first-order valence-corrected chi connectivity index (χ1v) is 9.79. The molecule has 6 nitrogen and oxygen atoms in total. The maximum absolute atomic E-state index is 13.5. The number of sulfonamides is 1. The number of carbonyl (C=O) groups excluding carboxylic acids is 1. The highest BCUT2D eigenvalue weighted by Crippen LogP contribution is 2.17. The maximum Gasteiger partial charge on any atom is 0.246 e. The maximum atomic E-state index is 13.5. The summed E-state index contributed by atoms with van der Waals surface area (Å²) in [5, 5.41) is 5.66. The highest BCUT2D eigenvalue weighted by atomic mass is 32.2. The van der Waals surface area contributed by atoms with Gasteiger partial charge in [-0.05, 0) is 62.7 Å². The predicted molar refractivity (Wildman–Crippen MR) is 102 cm³/mol. The summed E-state index contributed by atoms with van der Waals surface area (Å²) in [4.78, 5) is 12.2. The number of nitrogens with one attached hydrogen (secondary N) is 3. The van der Waals surface area contributed by atoms with Crippen molar-refractivity contribution in [1.82, 2.24) is 0 Å². The molecule has 0 heterocycles. The molecular formula is C18H22FN3O3S. The molecule has 8 heteroatoms. The summed E-state index contributed by atoms with van der Waals surface area (Å²) in [6.07, 6.45) is 0. The van der Waals surface area contributed by atoms with Crippen molar-refractivity contribution in [3.05, 3.63) is 53.8 Å².